The molecule has 1 unspecified atom stereocenters. The Morgan fingerprint density at radius 1 is 1.47 bits per heavy atom. The molecule has 1 aromatic rings. The fourth-order valence-electron chi connectivity index (χ4n) is 1.34. The number of rotatable bonds is 7. The molecule has 2 N–H and O–H groups in total. The molecule has 0 bridgehead atoms. The molecular weight excluding hydrogens is 230 g/mol. The maximum absolute atomic E-state index is 12.0. The number of halogens is 2. The van der Waals surface area contributed by atoms with Crippen LogP contribution < -0.4 is 5.32 Å². The number of aliphatic hydroxyl groups is 1. The van der Waals surface area contributed by atoms with Crippen molar-refractivity contribution in [2.45, 2.75) is 39.5 Å². The van der Waals surface area contributed by atoms with E-state index in [4.69, 9.17) is 5.11 Å². The molecule has 0 amide bonds. The van der Waals surface area contributed by atoms with Crippen molar-refractivity contribution in [3.05, 3.63) is 12.2 Å². The lowest BCUT2D eigenvalue weighted by Gasteiger charge is -2.11. The molecule has 1 aromatic heterocycles. The molecule has 0 aliphatic rings. The van der Waals surface area contributed by atoms with Gasteiger partial charge in [-0.3, -0.25) is 0 Å². The van der Waals surface area contributed by atoms with Crippen molar-refractivity contribution < 1.29 is 13.9 Å². The molecule has 17 heavy (non-hydrogen) atoms. The average Bonchev–Trinajstić information content (AvgIpc) is 2.64. The first kappa shape index (κ1) is 14.0. The SMILES string of the molecule is CC(C)Cn1ncnc1CNCC(O)C(F)F. The highest BCUT2D eigenvalue weighted by molar-refractivity contribution is 4.84. The number of aromatic nitrogens is 3. The van der Waals surface area contributed by atoms with Crippen molar-refractivity contribution in [1.82, 2.24) is 20.1 Å². The lowest BCUT2D eigenvalue weighted by atomic mass is 10.2. The average molecular weight is 248 g/mol. The number of aliphatic hydroxyl groups excluding tert-OH is 1. The minimum absolute atomic E-state index is 0.161. The number of alkyl halides is 2. The van der Waals surface area contributed by atoms with Gasteiger partial charge < -0.3 is 10.4 Å². The molecule has 98 valence electrons. The summed E-state index contributed by atoms with van der Waals surface area (Å²) < 4.78 is 25.8. The molecule has 0 saturated carbocycles. The quantitative estimate of drug-likeness (QED) is 0.743. The van der Waals surface area contributed by atoms with Crippen LogP contribution in [0.5, 0.6) is 0 Å². The highest BCUT2D eigenvalue weighted by atomic mass is 19.3. The highest BCUT2D eigenvalue weighted by Crippen LogP contribution is 2.02. The van der Waals surface area contributed by atoms with E-state index in [-0.39, 0.29) is 6.54 Å². The van der Waals surface area contributed by atoms with Crippen LogP contribution in [0.25, 0.3) is 0 Å². The number of nitrogens with zero attached hydrogens (tertiary/aromatic N) is 3. The van der Waals surface area contributed by atoms with Crippen LogP contribution in [0.15, 0.2) is 6.33 Å². The van der Waals surface area contributed by atoms with Gasteiger partial charge in [-0.25, -0.2) is 18.4 Å². The van der Waals surface area contributed by atoms with Crippen LogP contribution in [-0.4, -0.2) is 38.9 Å². The minimum atomic E-state index is -2.73. The van der Waals surface area contributed by atoms with Gasteiger partial charge in [-0.05, 0) is 5.92 Å². The molecule has 5 nitrogen and oxygen atoms in total. The van der Waals surface area contributed by atoms with E-state index in [0.717, 1.165) is 6.54 Å². The lowest BCUT2D eigenvalue weighted by molar-refractivity contribution is -0.00352. The molecule has 0 aromatic carbocycles. The summed E-state index contributed by atoms with van der Waals surface area (Å²) in [5.41, 5.74) is 0. The van der Waals surface area contributed by atoms with Crippen LogP contribution in [-0.2, 0) is 13.1 Å². The predicted octanol–water partition coefficient (Wildman–Crippen LogP) is 0.650. The number of hydrogen-bond donors (Lipinski definition) is 2. The summed E-state index contributed by atoms with van der Waals surface area (Å²) in [7, 11) is 0. The lowest BCUT2D eigenvalue weighted by Crippen LogP contribution is -2.32. The van der Waals surface area contributed by atoms with Crippen molar-refractivity contribution in [2.24, 2.45) is 5.92 Å². The van der Waals surface area contributed by atoms with Crippen LogP contribution in [0.2, 0.25) is 0 Å². The van der Waals surface area contributed by atoms with Gasteiger partial charge in [-0.1, -0.05) is 13.8 Å². The first-order valence-corrected chi connectivity index (χ1v) is 5.54. The summed E-state index contributed by atoms with van der Waals surface area (Å²) in [4.78, 5) is 4.03. The largest absolute Gasteiger partial charge is 0.386 e. The summed E-state index contributed by atoms with van der Waals surface area (Å²) in [6.07, 6.45) is -2.93. The first-order valence-electron chi connectivity index (χ1n) is 5.54. The molecule has 0 spiro atoms. The zero-order valence-corrected chi connectivity index (χ0v) is 9.98. The fraction of sp³-hybridized carbons (Fsp3) is 0.800. The predicted molar refractivity (Wildman–Crippen MR) is 58.6 cm³/mol. The second-order valence-electron chi connectivity index (χ2n) is 4.28. The van der Waals surface area contributed by atoms with E-state index in [0.29, 0.717) is 18.3 Å². The van der Waals surface area contributed by atoms with Gasteiger partial charge in [0.15, 0.2) is 0 Å². The monoisotopic (exact) mass is 248 g/mol. The Kier molecular flexibility index (Phi) is 5.43. The van der Waals surface area contributed by atoms with Gasteiger partial charge in [0.1, 0.15) is 18.3 Å². The van der Waals surface area contributed by atoms with Gasteiger partial charge in [0.2, 0.25) is 0 Å². The molecule has 0 aliphatic heterocycles. The minimum Gasteiger partial charge on any atom is -0.386 e. The van der Waals surface area contributed by atoms with Gasteiger partial charge >= 0.3 is 0 Å². The Bertz CT molecular complexity index is 330. The van der Waals surface area contributed by atoms with Crippen molar-refractivity contribution in [3.8, 4) is 0 Å². The summed E-state index contributed by atoms with van der Waals surface area (Å²) in [6, 6.07) is 0. The van der Waals surface area contributed by atoms with Gasteiger partial charge in [-0.15, -0.1) is 0 Å². The molecule has 0 saturated heterocycles. The third-order valence-electron chi connectivity index (χ3n) is 2.16. The molecule has 0 fully saturated rings. The molecule has 1 rings (SSSR count). The summed E-state index contributed by atoms with van der Waals surface area (Å²) in [5.74, 6) is 1.11. The number of nitrogens with one attached hydrogen (secondary N) is 1. The molecule has 1 heterocycles. The zero-order valence-electron chi connectivity index (χ0n) is 9.98. The first-order chi connectivity index (χ1) is 8.00. The van der Waals surface area contributed by atoms with Crippen LogP contribution in [0.4, 0.5) is 8.78 Å². The van der Waals surface area contributed by atoms with Crippen LogP contribution in [0.1, 0.15) is 19.7 Å². The Balaban J connectivity index is 2.39. The molecule has 7 heteroatoms. The van der Waals surface area contributed by atoms with Crippen LogP contribution in [0.3, 0.4) is 0 Å². The summed E-state index contributed by atoms with van der Waals surface area (Å²) in [6.45, 7) is 5.00. The smallest absolute Gasteiger partial charge is 0.265 e. The van der Waals surface area contributed by atoms with Gasteiger partial charge in [0.25, 0.3) is 6.43 Å². The zero-order chi connectivity index (χ0) is 12.8. The van der Waals surface area contributed by atoms with Crippen molar-refractivity contribution in [3.63, 3.8) is 0 Å². The van der Waals surface area contributed by atoms with Gasteiger partial charge in [0, 0.05) is 13.1 Å². The summed E-state index contributed by atoms with van der Waals surface area (Å²) in [5, 5.41) is 15.7. The van der Waals surface area contributed by atoms with Gasteiger partial charge in [-0.2, -0.15) is 5.10 Å². The second kappa shape index (κ2) is 6.61. The molecule has 1 atom stereocenters. The van der Waals surface area contributed by atoms with E-state index in [2.05, 4.69) is 29.2 Å². The molecular formula is C10H18F2N4O. The van der Waals surface area contributed by atoms with E-state index in [9.17, 15) is 8.78 Å². The van der Waals surface area contributed by atoms with E-state index in [1.807, 2.05) is 0 Å². The topological polar surface area (TPSA) is 63.0 Å². The van der Waals surface area contributed by atoms with E-state index >= 15 is 0 Å². The fourth-order valence-corrected chi connectivity index (χ4v) is 1.34. The van der Waals surface area contributed by atoms with E-state index < -0.39 is 12.5 Å². The van der Waals surface area contributed by atoms with Crippen LogP contribution >= 0.6 is 0 Å². The Labute approximate surface area is 98.9 Å². The second-order valence-corrected chi connectivity index (χ2v) is 4.28. The van der Waals surface area contributed by atoms with E-state index in [1.165, 1.54) is 6.33 Å². The molecule has 0 aliphatic carbocycles. The Hall–Kier alpha value is -1.08. The highest BCUT2D eigenvalue weighted by Gasteiger charge is 2.16. The summed E-state index contributed by atoms with van der Waals surface area (Å²) >= 11 is 0. The third kappa shape index (κ3) is 4.74. The van der Waals surface area contributed by atoms with Crippen molar-refractivity contribution >= 4 is 0 Å². The maximum Gasteiger partial charge on any atom is 0.265 e. The van der Waals surface area contributed by atoms with E-state index in [1.54, 1.807) is 4.68 Å². The van der Waals surface area contributed by atoms with Crippen LogP contribution in [0, 0.1) is 5.92 Å². The van der Waals surface area contributed by atoms with Gasteiger partial charge in [0.05, 0.1) is 6.54 Å². The third-order valence-corrected chi connectivity index (χ3v) is 2.16. The Morgan fingerprint density at radius 2 is 2.18 bits per heavy atom. The van der Waals surface area contributed by atoms with Crippen molar-refractivity contribution in [1.29, 1.82) is 0 Å². The molecule has 0 radical (unpaired) electrons. The van der Waals surface area contributed by atoms with Crippen molar-refractivity contribution in [2.75, 3.05) is 6.54 Å². The normalized spacial score (nSPS) is 13.6. The maximum atomic E-state index is 12.0. The Morgan fingerprint density at radius 3 is 2.76 bits per heavy atom. The number of hydrogen-bond acceptors (Lipinski definition) is 4. The standard InChI is InChI=1S/C10H18F2N4O/c1-7(2)5-16-9(14-6-15-16)4-13-3-8(17)10(11)12/h6-8,10,13,17H,3-5H2,1-2H3.